The Hall–Kier alpha value is -1.91. The van der Waals surface area contributed by atoms with Crippen LogP contribution in [0, 0.1) is 5.41 Å². The summed E-state index contributed by atoms with van der Waals surface area (Å²) in [6, 6.07) is 0. The van der Waals surface area contributed by atoms with Crippen molar-refractivity contribution in [1.29, 1.82) is 5.41 Å². The molecule has 10 nitrogen and oxygen atoms in total. The molecule has 0 aromatic heterocycles. The zero-order valence-corrected chi connectivity index (χ0v) is 11.8. The van der Waals surface area contributed by atoms with Gasteiger partial charge in [0.25, 0.3) is 0 Å². The van der Waals surface area contributed by atoms with E-state index in [1.54, 1.807) is 0 Å². The molecule has 122 valence electrons. The van der Waals surface area contributed by atoms with Crippen molar-refractivity contribution in [3.05, 3.63) is 0 Å². The van der Waals surface area contributed by atoms with Crippen molar-refractivity contribution in [2.24, 2.45) is 10.7 Å². The van der Waals surface area contributed by atoms with Crippen LogP contribution >= 0.6 is 0 Å². The summed E-state index contributed by atoms with van der Waals surface area (Å²) in [5.41, 5.74) is 5.50. The molecule has 0 aliphatic heterocycles. The van der Waals surface area contributed by atoms with E-state index in [2.05, 4.69) is 15.6 Å². The number of nitrogens with zero attached hydrogens (tertiary/aromatic N) is 1. The van der Waals surface area contributed by atoms with Gasteiger partial charge in [-0.1, -0.05) is 0 Å². The van der Waals surface area contributed by atoms with Crippen LogP contribution in [0.4, 0.5) is 0 Å². The molecule has 0 bridgehead atoms. The number of aliphatic hydroxyl groups is 1. The van der Waals surface area contributed by atoms with E-state index in [-0.39, 0.29) is 25.1 Å². The van der Waals surface area contributed by atoms with Crippen molar-refractivity contribution in [2.75, 3.05) is 46.1 Å². The summed E-state index contributed by atoms with van der Waals surface area (Å²) in [5.74, 6) is -1.37. The highest BCUT2D eigenvalue weighted by Crippen LogP contribution is 1.83. The fourth-order valence-electron chi connectivity index (χ4n) is 1.14. The van der Waals surface area contributed by atoms with Gasteiger partial charge in [-0.05, 0) is 6.42 Å². The first-order valence-electron chi connectivity index (χ1n) is 6.45. The largest absolute Gasteiger partial charge is 0.480 e. The molecule has 0 aromatic carbocycles. The van der Waals surface area contributed by atoms with E-state index in [9.17, 15) is 4.79 Å². The highest BCUT2D eigenvalue weighted by molar-refractivity contribution is 5.93. The zero-order valence-electron chi connectivity index (χ0n) is 11.8. The summed E-state index contributed by atoms with van der Waals surface area (Å²) in [6.07, 6.45) is 0.687. The summed E-state index contributed by atoms with van der Waals surface area (Å²) in [6.45, 7) is 1.83. The minimum atomic E-state index is -1.08. The van der Waals surface area contributed by atoms with E-state index in [1.807, 2.05) is 0 Å². The molecular weight excluding hydrogens is 282 g/mol. The summed E-state index contributed by atoms with van der Waals surface area (Å²) in [5, 5.41) is 29.2. The lowest BCUT2D eigenvalue weighted by Crippen LogP contribution is -2.36. The SMILES string of the molecule is N=C(/N=C(\N)NCCCOCCOCCO)NCC(=O)O. The molecule has 0 rings (SSSR count). The summed E-state index contributed by atoms with van der Waals surface area (Å²) in [4.78, 5) is 13.9. The van der Waals surface area contributed by atoms with Crippen molar-refractivity contribution in [2.45, 2.75) is 6.42 Å². The van der Waals surface area contributed by atoms with Gasteiger partial charge < -0.3 is 36.1 Å². The third-order valence-corrected chi connectivity index (χ3v) is 2.02. The minimum Gasteiger partial charge on any atom is -0.480 e. The number of guanidine groups is 2. The van der Waals surface area contributed by atoms with Crippen molar-refractivity contribution in [3.63, 3.8) is 0 Å². The molecule has 10 heteroatoms. The topological polar surface area (TPSA) is 162 Å². The summed E-state index contributed by atoms with van der Waals surface area (Å²) >= 11 is 0. The fourth-order valence-corrected chi connectivity index (χ4v) is 1.14. The minimum absolute atomic E-state index is 0.00113. The van der Waals surface area contributed by atoms with E-state index >= 15 is 0 Å². The number of carboxylic acids is 1. The number of carbonyl (C=O) groups is 1. The van der Waals surface area contributed by atoms with Crippen LogP contribution in [-0.4, -0.2) is 74.2 Å². The molecule has 21 heavy (non-hydrogen) atoms. The molecule has 0 fully saturated rings. The number of aliphatic hydroxyl groups excluding tert-OH is 1. The molecule has 0 atom stereocenters. The lowest BCUT2D eigenvalue weighted by atomic mass is 10.4. The maximum absolute atomic E-state index is 10.3. The monoisotopic (exact) mass is 305 g/mol. The van der Waals surface area contributed by atoms with Crippen LogP contribution in [-0.2, 0) is 14.3 Å². The van der Waals surface area contributed by atoms with E-state index in [1.165, 1.54) is 0 Å². The van der Waals surface area contributed by atoms with Gasteiger partial charge in [0.05, 0.1) is 26.4 Å². The summed E-state index contributed by atoms with van der Waals surface area (Å²) < 4.78 is 10.3. The third kappa shape index (κ3) is 14.3. The number of aliphatic carboxylic acids is 1. The number of carboxylic acid groups (broad SMARTS) is 1. The molecule has 0 unspecified atom stereocenters. The Kier molecular flexibility index (Phi) is 11.9. The Balaban J connectivity index is 3.50. The molecule has 0 saturated heterocycles. The van der Waals surface area contributed by atoms with Crippen LogP contribution in [0.1, 0.15) is 6.42 Å². The number of rotatable bonds is 11. The summed E-state index contributed by atoms with van der Waals surface area (Å²) in [7, 11) is 0. The first kappa shape index (κ1) is 19.1. The Morgan fingerprint density at radius 1 is 1.19 bits per heavy atom. The molecule has 0 aromatic rings. The smallest absolute Gasteiger partial charge is 0.322 e. The average molecular weight is 305 g/mol. The lowest BCUT2D eigenvalue weighted by molar-refractivity contribution is -0.135. The van der Waals surface area contributed by atoms with Gasteiger partial charge in [-0.15, -0.1) is 0 Å². The number of ether oxygens (including phenoxy) is 2. The van der Waals surface area contributed by atoms with E-state index < -0.39 is 5.97 Å². The molecule has 0 aliphatic rings. The van der Waals surface area contributed by atoms with Crippen LogP contribution in [0.3, 0.4) is 0 Å². The third-order valence-electron chi connectivity index (χ3n) is 2.02. The first-order valence-corrected chi connectivity index (χ1v) is 6.45. The van der Waals surface area contributed by atoms with E-state index in [0.717, 1.165) is 0 Å². The quantitative estimate of drug-likeness (QED) is 0.144. The van der Waals surface area contributed by atoms with Crippen LogP contribution in [0.5, 0.6) is 0 Å². The second kappa shape index (κ2) is 13.1. The standard InChI is InChI=1S/C11H23N5O5/c12-10(16-11(13)15-8-9(18)19)14-2-1-4-20-6-7-21-5-3-17/h17H,1-8H2,(H,18,19)(H5,12,13,14,15,16). The van der Waals surface area contributed by atoms with Crippen molar-refractivity contribution >= 4 is 17.9 Å². The van der Waals surface area contributed by atoms with Gasteiger partial charge in [-0.3, -0.25) is 10.2 Å². The predicted molar refractivity (Wildman–Crippen MR) is 76.3 cm³/mol. The second-order valence-electron chi connectivity index (χ2n) is 3.82. The molecule has 0 spiro atoms. The number of hydrogen-bond donors (Lipinski definition) is 6. The van der Waals surface area contributed by atoms with Gasteiger partial charge in [0.1, 0.15) is 6.54 Å². The van der Waals surface area contributed by atoms with E-state index in [0.29, 0.717) is 39.4 Å². The Bertz CT molecular complexity index is 337. The van der Waals surface area contributed by atoms with Crippen molar-refractivity contribution in [1.82, 2.24) is 10.6 Å². The maximum Gasteiger partial charge on any atom is 0.322 e. The molecule has 0 aliphatic carbocycles. The van der Waals surface area contributed by atoms with Gasteiger partial charge in [0, 0.05) is 13.2 Å². The van der Waals surface area contributed by atoms with Crippen molar-refractivity contribution in [3.8, 4) is 0 Å². The maximum atomic E-state index is 10.3. The van der Waals surface area contributed by atoms with Gasteiger partial charge in [-0.2, -0.15) is 4.99 Å². The second-order valence-corrected chi connectivity index (χ2v) is 3.82. The van der Waals surface area contributed by atoms with Gasteiger partial charge in [-0.25, -0.2) is 0 Å². The van der Waals surface area contributed by atoms with Crippen molar-refractivity contribution < 1.29 is 24.5 Å². The van der Waals surface area contributed by atoms with E-state index in [4.69, 9.17) is 30.8 Å². The zero-order chi connectivity index (χ0) is 15.9. The van der Waals surface area contributed by atoms with Gasteiger partial charge in [0.15, 0.2) is 5.96 Å². The normalized spacial score (nSPS) is 11.2. The number of nitrogens with two attached hydrogens (primary N) is 1. The van der Waals surface area contributed by atoms with Gasteiger partial charge in [0.2, 0.25) is 5.96 Å². The Morgan fingerprint density at radius 3 is 2.48 bits per heavy atom. The highest BCUT2D eigenvalue weighted by atomic mass is 16.5. The lowest BCUT2D eigenvalue weighted by Gasteiger charge is -2.07. The highest BCUT2D eigenvalue weighted by Gasteiger charge is 1.99. The molecule has 0 radical (unpaired) electrons. The molecule has 0 saturated carbocycles. The fraction of sp³-hybridized carbons (Fsp3) is 0.727. The average Bonchev–Trinajstić information content (AvgIpc) is 2.43. The molecule has 0 heterocycles. The number of nitrogens with one attached hydrogen (secondary N) is 3. The van der Waals surface area contributed by atoms with Crippen LogP contribution < -0.4 is 16.4 Å². The van der Waals surface area contributed by atoms with Crippen LogP contribution in [0.2, 0.25) is 0 Å². The Labute approximate surface area is 122 Å². The Morgan fingerprint density at radius 2 is 1.86 bits per heavy atom. The molecule has 0 amide bonds. The van der Waals surface area contributed by atoms with Crippen LogP contribution in [0.25, 0.3) is 0 Å². The predicted octanol–water partition coefficient (Wildman–Crippen LogP) is -2.08. The number of hydrogen-bond acceptors (Lipinski definition) is 5. The first-order chi connectivity index (χ1) is 10.1. The van der Waals surface area contributed by atoms with Gasteiger partial charge >= 0.3 is 5.97 Å². The molecular formula is C11H23N5O5. The number of aliphatic imine (C=N–C) groups is 1. The molecule has 7 N–H and O–H groups in total. The van der Waals surface area contributed by atoms with Crippen LogP contribution in [0.15, 0.2) is 4.99 Å².